The lowest BCUT2D eigenvalue weighted by Gasteiger charge is -2.23. The molecule has 1 saturated heterocycles. The van der Waals surface area contributed by atoms with Crippen LogP contribution in [0.4, 0.5) is 4.39 Å². The van der Waals surface area contributed by atoms with Crippen LogP contribution in [-0.4, -0.2) is 29.3 Å². The van der Waals surface area contributed by atoms with E-state index in [0.29, 0.717) is 18.7 Å². The van der Waals surface area contributed by atoms with E-state index >= 15 is 0 Å². The number of nitrogens with zero attached hydrogens (tertiary/aromatic N) is 1. The van der Waals surface area contributed by atoms with Gasteiger partial charge in [0.1, 0.15) is 23.1 Å². The van der Waals surface area contributed by atoms with Crippen LogP contribution in [0, 0.1) is 5.82 Å². The lowest BCUT2D eigenvalue weighted by molar-refractivity contribution is 0.0260. The summed E-state index contributed by atoms with van der Waals surface area (Å²) in [5.74, 6) is -0.219. The molecule has 19 heavy (non-hydrogen) atoms. The summed E-state index contributed by atoms with van der Waals surface area (Å²) in [6, 6.07) is 2.45. The Bertz CT molecular complexity index is 650. The molecule has 3 rings (SSSR count). The van der Waals surface area contributed by atoms with Crippen molar-refractivity contribution in [2.24, 2.45) is 0 Å². The topological polar surface area (TPSA) is 64.2 Å². The van der Waals surface area contributed by atoms with Gasteiger partial charge in [0.05, 0.1) is 25.1 Å². The number of hydrogen-bond acceptors (Lipinski definition) is 4. The molecule has 0 radical (unpaired) electrons. The maximum Gasteiger partial charge on any atom is 0.262 e. The zero-order valence-corrected chi connectivity index (χ0v) is 10.2. The van der Waals surface area contributed by atoms with Gasteiger partial charge in [-0.15, -0.1) is 0 Å². The van der Waals surface area contributed by atoms with E-state index in [4.69, 9.17) is 9.47 Å². The number of hydrogen-bond donors (Lipinski definition) is 1. The van der Waals surface area contributed by atoms with Gasteiger partial charge in [0.15, 0.2) is 0 Å². The second-order valence-corrected chi connectivity index (χ2v) is 4.46. The Morgan fingerprint density at radius 1 is 1.37 bits per heavy atom. The van der Waals surface area contributed by atoms with Crippen molar-refractivity contribution in [2.75, 3.05) is 13.2 Å². The smallest absolute Gasteiger partial charge is 0.262 e. The van der Waals surface area contributed by atoms with Crippen molar-refractivity contribution in [3.05, 3.63) is 34.6 Å². The van der Waals surface area contributed by atoms with Crippen LogP contribution in [0.15, 0.2) is 23.3 Å². The molecule has 6 heteroatoms. The summed E-state index contributed by atoms with van der Waals surface area (Å²) in [6.07, 6.45) is 2.66. The maximum atomic E-state index is 13.5. The SMILES string of the molecule is O=c1[nH]cnc2cc(F)cc(OC3CCOCC3)c12. The van der Waals surface area contributed by atoms with E-state index < -0.39 is 5.82 Å². The van der Waals surface area contributed by atoms with Crippen molar-refractivity contribution < 1.29 is 13.9 Å². The number of nitrogens with one attached hydrogen (secondary N) is 1. The van der Waals surface area contributed by atoms with Gasteiger partial charge >= 0.3 is 0 Å². The summed E-state index contributed by atoms with van der Waals surface area (Å²) in [5, 5.41) is 0.287. The van der Waals surface area contributed by atoms with Gasteiger partial charge in [-0.25, -0.2) is 9.37 Å². The second-order valence-electron chi connectivity index (χ2n) is 4.46. The van der Waals surface area contributed by atoms with Gasteiger partial charge in [-0.3, -0.25) is 4.79 Å². The van der Waals surface area contributed by atoms with Gasteiger partial charge in [-0.1, -0.05) is 0 Å². The summed E-state index contributed by atoms with van der Waals surface area (Å²) >= 11 is 0. The van der Waals surface area contributed by atoms with Gasteiger partial charge in [0, 0.05) is 25.0 Å². The predicted molar refractivity (Wildman–Crippen MR) is 66.8 cm³/mol. The molecule has 2 heterocycles. The van der Waals surface area contributed by atoms with Crippen LogP contribution in [0.2, 0.25) is 0 Å². The number of fused-ring (bicyclic) bond motifs is 1. The summed E-state index contributed by atoms with van der Waals surface area (Å²) < 4.78 is 24.5. The van der Waals surface area contributed by atoms with E-state index in [2.05, 4.69) is 9.97 Å². The average molecular weight is 264 g/mol. The standard InChI is InChI=1S/C13H13FN2O3/c14-8-5-10-12(13(17)16-7-15-10)11(6-8)19-9-1-3-18-4-2-9/h5-7,9H,1-4H2,(H,15,16,17). The van der Waals surface area contributed by atoms with Crippen LogP contribution in [0.25, 0.3) is 10.9 Å². The van der Waals surface area contributed by atoms with Crippen LogP contribution < -0.4 is 10.3 Å². The number of benzene rings is 1. The summed E-state index contributed by atoms with van der Waals surface area (Å²) in [4.78, 5) is 18.3. The maximum absolute atomic E-state index is 13.5. The van der Waals surface area contributed by atoms with Gasteiger partial charge in [0.25, 0.3) is 5.56 Å². The Balaban J connectivity index is 2.03. The first-order valence-electron chi connectivity index (χ1n) is 6.15. The number of aromatic amines is 1. The largest absolute Gasteiger partial charge is 0.489 e. The first kappa shape index (κ1) is 12.1. The lowest BCUT2D eigenvalue weighted by atomic mass is 10.1. The number of H-pyrrole nitrogens is 1. The van der Waals surface area contributed by atoms with E-state index in [9.17, 15) is 9.18 Å². The minimum atomic E-state index is -0.465. The third kappa shape index (κ3) is 2.44. The lowest BCUT2D eigenvalue weighted by Crippen LogP contribution is -2.26. The summed E-state index contributed by atoms with van der Waals surface area (Å²) in [7, 11) is 0. The van der Waals surface area contributed by atoms with E-state index in [0.717, 1.165) is 12.8 Å². The third-order valence-electron chi connectivity index (χ3n) is 3.13. The van der Waals surface area contributed by atoms with Crippen molar-refractivity contribution in [1.29, 1.82) is 0 Å². The minimum Gasteiger partial charge on any atom is -0.489 e. The highest BCUT2D eigenvalue weighted by molar-refractivity contribution is 5.84. The third-order valence-corrected chi connectivity index (χ3v) is 3.13. The molecular weight excluding hydrogens is 251 g/mol. The van der Waals surface area contributed by atoms with Crippen molar-refractivity contribution in [3.63, 3.8) is 0 Å². The van der Waals surface area contributed by atoms with Crippen LogP contribution in [-0.2, 0) is 4.74 Å². The van der Waals surface area contributed by atoms with Gasteiger partial charge in [-0.2, -0.15) is 0 Å². The first-order valence-corrected chi connectivity index (χ1v) is 6.15. The predicted octanol–water partition coefficient (Wildman–Crippen LogP) is 1.62. The molecular formula is C13H13FN2O3. The monoisotopic (exact) mass is 264 g/mol. The van der Waals surface area contributed by atoms with Gasteiger partial charge in [-0.05, 0) is 0 Å². The quantitative estimate of drug-likeness (QED) is 0.895. The molecule has 1 N–H and O–H groups in total. The molecule has 0 unspecified atom stereocenters. The fraction of sp³-hybridized carbons (Fsp3) is 0.385. The van der Waals surface area contributed by atoms with Crippen molar-refractivity contribution in [1.82, 2.24) is 9.97 Å². The van der Waals surface area contributed by atoms with E-state index in [1.165, 1.54) is 18.5 Å². The van der Waals surface area contributed by atoms with Crippen molar-refractivity contribution in [3.8, 4) is 5.75 Å². The zero-order valence-electron chi connectivity index (χ0n) is 10.2. The molecule has 0 saturated carbocycles. The Hall–Kier alpha value is -1.95. The normalized spacial score (nSPS) is 16.7. The highest BCUT2D eigenvalue weighted by atomic mass is 19.1. The van der Waals surface area contributed by atoms with E-state index in [1.54, 1.807) is 0 Å². The Morgan fingerprint density at radius 2 is 2.16 bits per heavy atom. The van der Waals surface area contributed by atoms with Crippen molar-refractivity contribution in [2.45, 2.75) is 18.9 Å². The molecule has 0 aliphatic carbocycles. The van der Waals surface area contributed by atoms with Crippen LogP contribution in [0.3, 0.4) is 0 Å². The molecule has 0 spiro atoms. The molecule has 100 valence electrons. The van der Waals surface area contributed by atoms with Gasteiger partial charge < -0.3 is 14.5 Å². The fourth-order valence-corrected chi connectivity index (χ4v) is 2.20. The van der Waals surface area contributed by atoms with Crippen molar-refractivity contribution >= 4 is 10.9 Å². The number of aromatic nitrogens is 2. The highest BCUT2D eigenvalue weighted by Crippen LogP contribution is 2.25. The molecule has 1 fully saturated rings. The molecule has 1 aromatic carbocycles. The molecule has 5 nitrogen and oxygen atoms in total. The molecule has 2 aromatic rings. The fourth-order valence-electron chi connectivity index (χ4n) is 2.20. The highest BCUT2D eigenvalue weighted by Gasteiger charge is 2.18. The van der Waals surface area contributed by atoms with Crippen LogP contribution in [0.1, 0.15) is 12.8 Å². The molecule has 0 bridgehead atoms. The number of ether oxygens (including phenoxy) is 2. The molecule has 1 aromatic heterocycles. The van der Waals surface area contributed by atoms with Crippen LogP contribution >= 0.6 is 0 Å². The Labute approximate surface area is 108 Å². The first-order chi connectivity index (χ1) is 9.24. The van der Waals surface area contributed by atoms with Crippen LogP contribution in [0.5, 0.6) is 5.75 Å². The minimum absolute atomic E-state index is 0.0571. The molecule has 0 atom stereocenters. The van der Waals surface area contributed by atoms with E-state index in [1.807, 2.05) is 0 Å². The molecule has 0 amide bonds. The zero-order chi connectivity index (χ0) is 13.2. The Morgan fingerprint density at radius 3 is 2.95 bits per heavy atom. The molecule has 1 aliphatic heterocycles. The number of rotatable bonds is 2. The van der Waals surface area contributed by atoms with E-state index in [-0.39, 0.29) is 22.8 Å². The summed E-state index contributed by atoms with van der Waals surface area (Å²) in [5.41, 5.74) is -0.0298. The van der Waals surface area contributed by atoms with Gasteiger partial charge in [0.2, 0.25) is 0 Å². The second kappa shape index (κ2) is 4.97. The molecule has 1 aliphatic rings. The number of halogens is 1. The Kier molecular flexibility index (Phi) is 3.16. The summed E-state index contributed by atoms with van der Waals surface area (Å²) in [6.45, 7) is 1.24. The average Bonchev–Trinajstić information content (AvgIpc) is 2.39.